The van der Waals surface area contributed by atoms with Gasteiger partial charge in [-0.25, -0.2) is 4.98 Å². The molecular weight excluding hydrogens is 290 g/mol. The summed E-state index contributed by atoms with van der Waals surface area (Å²) in [5.74, 6) is 1.09. The molecule has 1 N–H and O–H groups in total. The summed E-state index contributed by atoms with van der Waals surface area (Å²) in [4.78, 5) is 4.38. The molecule has 0 bridgehead atoms. The van der Waals surface area contributed by atoms with E-state index < -0.39 is 0 Å². The van der Waals surface area contributed by atoms with Crippen molar-refractivity contribution < 1.29 is 0 Å². The van der Waals surface area contributed by atoms with Gasteiger partial charge in [-0.3, -0.25) is 0 Å². The molecular formula is C14H18BrN3. The predicted molar refractivity (Wildman–Crippen MR) is 77.6 cm³/mol. The van der Waals surface area contributed by atoms with Crippen LogP contribution in [0.3, 0.4) is 0 Å². The van der Waals surface area contributed by atoms with Gasteiger partial charge in [-0.15, -0.1) is 0 Å². The van der Waals surface area contributed by atoms with Crippen molar-refractivity contribution in [3.8, 4) is 0 Å². The largest absolute Gasteiger partial charge is 0.338 e. The van der Waals surface area contributed by atoms with Crippen molar-refractivity contribution in [1.29, 1.82) is 0 Å². The Bertz CT molecular complexity index is 534. The molecule has 0 radical (unpaired) electrons. The Morgan fingerprint density at radius 2 is 2.22 bits per heavy atom. The van der Waals surface area contributed by atoms with Crippen molar-refractivity contribution in [1.82, 2.24) is 14.9 Å². The average Bonchev–Trinajstić information content (AvgIpc) is 2.75. The van der Waals surface area contributed by atoms with Crippen LogP contribution in [0.15, 0.2) is 35.1 Å². The number of imidazole rings is 1. The van der Waals surface area contributed by atoms with Crippen molar-refractivity contribution in [2.45, 2.75) is 19.4 Å². The molecule has 0 saturated heterocycles. The molecule has 96 valence electrons. The number of hydrogen-bond donors (Lipinski definition) is 1. The van der Waals surface area contributed by atoms with E-state index in [2.05, 4.69) is 55.9 Å². The summed E-state index contributed by atoms with van der Waals surface area (Å²) in [6.07, 6.45) is 4.71. The fourth-order valence-corrected chi connectivity index (χ4v) is 2.29. The number of hydrogen-bond acceptors (Lipinski definition) is 2. The molecule has 0 fully saturated rings. The Kier molecular flexibility index (Phi) is 4.19. The highest BCUT2D eigenvalue weighted by Crippen LogP contribution is 2.23. The molecule has 0 amide bonds. The smallest absolute Gasteiger partial charge is 0.110 e. The third-order valence-electron chi connectivity index (χ3n) is 3.24. The minimum Gasteiger partial charge on any atom is -0.338 e. The van der Waals surface area contributed by atoms with Crippen molar-refractivity contribution in [2.24, 2.45) is 7.05 Å². The van der Waals surface area contributed by atoms with E-state index in [1.54, 1.807) is 0 Å². The molecule has 2 aromatic rings. The van der Waals surface area contributed by atoms with Crippen molar-refractivity contribution >= 4 is 15.9 Å². The summed E-state index contributed by atoms with van der Waals surface area (Å²) < 4.78 is 3.22. The maximum absolute atomic E-state index is 4.38. The lowest BCUT2D eigenvalue weighted by Gasteiger charge is -2.17. The molecule has 1 atom stereocenters. The van der Waals surface area contributed by atoms with Gasteiger partial charge in [0.05, 0.1) is 0 Å². The summed E-state index contributed by atoms with van der Waals surface area (Å²) in [5, 5.41) is 3.36. The van der Waals surface area contributed by atoms with Crippen molar-refractivity contribution in [2.75, 3.05) is 7.05 Å². The van der Waals surface area contributed by atoms with E-state index in [0.717, 1.165) is 16.7 Å². The summed E-state index contributed by atoms with van der Waals surface area (Å²) in [6, 6.07) is 6.76. The minimum atomic E-state index is 0.290. The third kappa shape index (κ3) is 2.82. The first-order chi connectivity index (χ1) is 8.61. The van der Waals surface area contributed by atoms with E-state index in [9.17, 15) is 0 Å². The first kappa shape index (κ1) is 13.3. The quantitative estimate of drug-likeness (QED) is 0.941. The molecule has 0 spiro atoms. The van der Waals surface area contributed by atoms with Gasteiger partial charge in [-0.2, -0.15) is 0 Å². The second-order valence-electron chi connectivity index (χ2n) is 4.51. The Morgan fingerprint density at radius 3 is 2.78 bits per heavy atom. The van der Waals surface area contributed by atoms with Crippen LogP contribution in [-0.4, -0.2) is 16.6 Å². The second kappa shape index (κ2) is 5.67. The number of aromatic nitrogens is 2. The molecule has 1 unspecified atom stereocenters. The first-order valence-electron chi connectivity index (χ1n) is 6.01. The highest BCUT2D eigenvalue weighted by atomic mass is 79.9. The van der Waals surface area contributed by atoms with Gasteiger partial charge in [0.25, 0.3) is 0 Å². The van der Waals surface area contributed by atoms with Crippen LogP contribution in [0.2, 0.25) is 0 Å². The van der Waals surface area contributed by atoms with Gasteiger partial charge >= 0.3 is 0 Å². The Morgan fingerprint density at radius 1 is 1.44 bits per heavy atom. The van der Waals surface area contributed by atoms with Crippen molar-refractivity contribution in [3.63, 3.8) is 0 Å². The summed E-state index contributed by atoms with van der Waals surface area (Å²) in [7, 11) is 4.02. The number of nitrogens with zero attached hydrogens (tertiary/aromatic N) is 2. The molecule has 4 heteroatoms. The van der Waals surface area contributed by atoms with Crippen LogP contribution in [0.5, 0.6) is 0 Å². The van der Waals surface area contributed by atoms with E-state index >= 15 is 0 Å². The molecule has 18 heavy (non-hydrogen) atoms. The monoisotopic (exact) mass is 307 g/mol. The molecule has 3 nitrogen and oxygen atoms in total. The van der Waals surface area contributed by atoms with E-state index in [1.165, 1.54) is 11.1 Å². The number of halogens is 1. The fraction of sp³-hybridized carbons (Fsp3) is 0.357. The minimum absolute atomic E-state index is 0.290. The molecule has 0 aliphatic heterocycles. The van der Waals surface area contributed by atoms with Gasteiger partial charge in [0.2, 0.25) is 0 Å². The Balaban J connectivity index is 2.23. The molecule has 1 aromatic carbocycles. The SMILES string of the molecule is CNC(Cc1nccn1C)c1ccc(Br)c(C)c1. The molecule has 1 heterocycles. The average molecular weight is 308 g/mol. The van der Waals surface area contributed by atoms with E-state index in [0.29, 0.717) is 0 Å². The zero-order valence-electron chi connectivity index (χ0n) is 10.9. The van der Waals surface area contributed by atoms with Crippen LogP contribution in [0.1, 0.15) is 23.0 Å². The summed E-state index contributed by atoms with van der Waals surface area (Å²) in [6.45, 7) is 2.11. The Labute approximate surface area is 116 Å². The fourth-order valence-electron chi connectivity index (χ4n) is 2.05. The van der Waals surface area contributed by atoms with E-state index in [-0.39, 0.29) is 6.04 Å². The second-order valence-corrected chi connectivity index (χ2v) is 5.36. The molecule has 0 aliphatic carbocycles. The maximum atomic E-state index is 4.38. The topological polar surface area (TPSA) is 29.9 Å². The standard InChI is InChI=1S/C14H18BrN3/c1-10-8-11(4-5-12(10)15)13(16-2)9-14-17-6-7-18(14)3/h4-8,13,16H,9H2,1-3H3. The molecule has 0 aliphatic rings. The number of rotatable bonds is 4. The van der Waals surface area contributed by atoms with Crippen LogP contribution < -0.4 is 5.32 Å². The normalized spacial score (nSPS) is 12.7. The predicted octanol–water partition coefficient (Wildman–Crippen LogP) is 2.99. The lowest BCUT2D eigenvalue weighted by molar-refractivity contribution is 0.563. The lowest BCUT2D eigenvalue weighted by Crippen LogP contribution is -2.20. The van der Waals surface area contributed by atoms with E-state index in [1.807, 2.05) is 26.5 Å². The maximum Gasteiger partial charge on any atom is 0.110 e. The van der Waals surface area contributed by atoms with Crippen LogP contribution in [-0.2, 0) is 13.5 Å². The summed E-state index contributed by atoms with van der Waals surface area (Å²) in [5.41, 5.74) is 2.55. The molecule has 2 rings (SSSR count). The van der Waals surface area contributed by atoms with Crippen LogP contribution >= 0.6 is 15.9 Å². The number of benzene rings is 1. The first-order valence-corrected chi connectivity index (χ1v) is 6.80. The van der Waals surface area contributed by atoms with Gasteiger partial charge in [-0.1, -0.05) is 28.1 Å². The Hall–Kier alpha value is -1.13. The highest BCUT2D eigenvalue weighted by Gasteiger charge is 2.13. The zero-order valence-corrected chi connectivity index (χ0v) is 12.5. The van der Waals surface area contributed by atoms with E-state index in [4.69, 9.17) is 0 Å². The summed E-state index contributed by atoms with van der Waals surface area (Å²) >= 11 is 3.54. The lowest BCUT2D eigenvalue weighted by atomic mass is 10.0. The van der Waals surface area contributed by atoms with Crippen LogP contribution in [0, 0.1) is 6.92 Å². The van der Waals surface area contributed by atoms with Gasteiger partial charge in [0.1, 0.15) is 5.82 Å². The van der Waals surface area contributed by atoms with Gasteiger partial charge in [0, 0.05) is 36.4 Å². The highest BCUT2D eigenvalue weighted by molar-refractivity contribution is 9.10. The number of nitrogens with one attached hydrogen (secondary N) is 1. The number of likely N-dealkylation sites (N-methyl/N-ethyl adjacent to an activating group) is 1. The van der Waals surface area contributed by atoms with Crippen LogP contribution in [0.4, 0.5) is 0 Å². The van der Waals surface area contributed by atoms with Gasteiger partial charge in [-0.05, 0) is 31.2 Å². The van der Waals surface area contributed by atoms with Gasteiger partial charge in [0.15, 0.2) is 0 Å². The zero-order chi connectivity index (χ0) is 13.1. The van der Waals surface area contributed by atoms with Gasteiger partial charge < -0.3 is 9.88 Å². The van der Waals surface area contributed by atoms with Crippen LogP contribution in [0.25, 0.3) is 0 Å². The molecule has 1 aromatic heterocycles. The third-order valence-corrected chi connectivity index (χ3v) is 4.13. The number of aryl methyl sites for hydroxylation is 2. The molecule has 0 saturated carbocycles. The van der Waals surface area contributed by atoms with Crippen molar-refractivity contribution in [3.05, 3.63) is 52.0 Å².